The molecule has 0 aliphatic carbocycles. The van der Waals surface area contributed by atoms with Gasteiger partial charge in [0.25, 0.3) is 0 Å². The van der Waals surface area contributed by atoms with E-state index in [4.69, 9.17) is 10.5 Å². The van der Waals surface area contributed by atoms with Crippen molar-refractivity contribution in [2.45, 2.75) is 32.4 Å². The van der Waals surface area contributed by atoms with Crippen LogP contribution >= 0.6 is 0 Å². The molecule has 4 rings (SSSR count). The van der Waals surface area contributed by atoms with Crippen molar-refractivity contribution < 1.29 is 4.74 Å². The van der Waals surface area contributed by atoms with Gasteiger partial charge in [-0.05, 0) is 43.5 Å². The van der Waals surface area contributed by atoms with Crippen molar-refractivity contribution in [1.29, 1.82) is 0 Å². The molecule has 0 bridgehead atoms. The third-order valence-electron chi connectivity index (χ3n) is 4.76. The zero-order valence-corrected chi connectivity index (χ0v) is 15.0. The molecule has 3 aromatic rings. The maximum Gasteiger partial charge on any atom is 0.241 e. The predicted molar refractivity (Wildman–Crippen MR) is 102 cm³/mol. The fourth-order valence-corrected chi connectivity index (χ4v) is 3.44. The third-order valence-corrected chi connectivity index (χ3v) is 4.76. The van der Waals surface area contributed by atoms with E-state index in [1.165, 1.54) is 16.7 Å². The maximum absolute atomic E-state index is 5.86. The molecule has 2 heterocycles. The Morgan fingerprint density at radius 1 is 1.12 bits per heavy atom. The summed E-state index contributed by atoms with van der Waals surface area (Å²) in [6, 6.07) is 17.0. The van der Waals surface area contributed by atoms with Crippen LogP contribution in [-0.4, -0.2) is 21.4 Å². The van der Waals surface area contributed by atoms with Gasteiger partial charge in [0.05, 0.1) is 18.7 Å². The largest absolute Gasteiger partial charge is 0.494 e. The average Bonchev–Trinajstić information content (AvgIpc) is 3.03. The molecule has 6 heteroatoms. The quantitative estimate of drug-likeness (QED) is 0.751. The molecule has 1 aromatic heterocycles. The number of rotatable bonds is 4. The minimum atomic E-state index is 0.0909. The molecule has 2 aromatic carbocycles. The molecular weight excluding hydrogens is 326 g/mol. The molecule has 0 unspecified atom stereocenters. The molecule has 26 heavy (non-hydrogen) atoms. The molecular formula is C20H23N5O. The first-order valence-corrected chi connectivity index (χ1v) is 8.92. The summed E-state index contributed by atoms with van der Waals surface area (Å²) in [6.07, 6.45) is 0.868. The number of aromatic nitrogens is 3. The number of nitrogens with one attached hydrogen (secondary N) is 1. The van der Waals surface area contributed by atoms with Gasteiger partial charge in [0.15, 0.2) is 0 Å². The molecule has 0 amide bonds. The molecule has 0 spiro atoms. The van der Waals surface area contributed by atoms with Crippen LogP contribution < -0.4 is 15.8 Å². The lowest BCUT2D eigenvalue weighted by molar-refractivity contribution is 0.340. The number of fused-ring (bicyclic) bond motifs is 1. The molecule has 134 valence electrons. The summed E-state index contributed by atoms with van der Waals surface area (Å²) in [4.78, 5) is 4.36. The van der Waals surface area contributed by atoms with Crippen molar-refractivity contribution in [2.75, 3.05) is 17.7 Å². The van der Waals surface area contributed by atoms with Crippen LogP contribution in [0.15, 0.2) is 48.5 Å². The number of ether oxygens (including phenoxy) is 1. The van der Waals surface area contributed by atoms with E-state index in [1.807, 2.05) is 23.7 Å². The topological polar surface area (TPSA) is 78.0 Å². The zero-order valence-electron chi connectivity index (χ0n) is 15.0. The Labute approximate surface area is 153 Å². The summed E-state index contributed by atoms with van der Waals surface area (Å²) in [6.45, 7) is 4.74. The Morgan fingerprint density at radius 2 is 1.81 bits per heavy atom. The summed E-state index contributed by atoms with van der Waals surface area (Å²) in [5, 5.41) is 7.86. The van der Waals surface area contributed by atoms with Crippen molar-refractivity contribution >= 4 is 11.9 Å². The Hall–Kier alpha value is -3.02. The Balaban J connectivity index is 1.67. The van der Waals surface area contributed by atoms with E-state index in [1.54, 1.807) is 0 Å². The van der Waals surface area contributed by atoms with Crippen LogP contribution in [0, 0.1) is 6.92 Å². The van der Waals surface area contributed by atoms with Gasteiger partial charge in [-0.25, -0.2) is 4.68 Å². The van der Waals surface area contributed by atoms with Crippen molar-refractivity contribution in [2.24, 2.45) is 0 Å². The smallest absolute Gasteiger partial charge is 0.241 e. The normalized spacial score (nSPS) is 18.8. The fraction of sp³-hybridized carbons (Fsp3) is 0.300. The molecule has 0 radical (unpaired) electrons. The Morgan fingerprint density at radius 3 is 2.50 bits per heavy atom. The lowest BCUT2D eigenvalue weighted by Crippen LogP contribution is -2.28. The number of hydrogen-bond donors (Lipinski definition) is 2. The standard InChI is InChI=1S/C20H23N5O/c1-3-26-16-10-8-14(9-11-16)17-12-18(15-6-4-13(2)5-7-15)25-20(22-17)23-19(21)24-25/h4-11,17-18H,3,12H2,1-2H3,(H3,21,22,23,24)/t17-,18-/m0/s1. The first kappa shape index (κ1) is 16.4. The van der Waals surface area contributed by atoms with Gasteiger partial charge in [0.2, 0.25) is 11.9 Å². The van der Waals surface area contributed by atoms with E-state index < -0.39 is 0 Å². The van der Waals surface area contributed by atoms with Crippen LogP contribution in [0.25, 0.3) is 0 Å². The lowest BCUT2D eigenvalue weighted by atomic mass is 9.93. The minimum Gasteiger partial charge on any atom is -0.494 e. The first-order valence-electron chi connectivity index (χ1n) is 8.92. The SMILES string of the molecule is CCOc1ccc([C@@H]2C[C@@H](c3ccc(C)cc3)n3nc(N)nc3N2)cc1. The second-order valence-corrected chi connectivity index (χ2v) is 6.60. The van der Waals surface area contributed by atoms with Crippen LogP contribution in [-0.2, 0) is 0 Å². The zero-order chi connectivity index (χ0) is 18.1. The van der Waals surface area contributed by atoms with Gasteiger partial charge in [-0.3, -0.25) is 0 Å². The van der Waals surface area contributed by atoms with Crippen LogP contribution in [0.1, 0.15) is 42.1 Å². The van der Waals surface area contributed by atoms with Crippen LogP contribution in [0.5, 0.6) is 5.75 Å². The van der Waals surface area contributed by atoms with E-state index in [9.17, 15) is 0 Å². The number of aryl methyl sites for hydroxylation is 1. The van der Waals surface area contributed by atoms with Crippen molar-refractivity contribution in [3.8, 4) is 5.75 Å². The van der Waals surface area contributed by atoms with Gasteiger partial charge in [-0.2, -0.15) is 4.98 Å². The highest BCUT2D eigenvalue weighted by Crippen LogP contribution is 2.38. The van der Waals surface area contributed by atoms with Crippen LogP contribution in [0.4, 0.5) is 11.9 Å². The molecule has 6 nitrogen and oxygen atoms in total. The van der Waals surface area contributed by atoms with Crippen molar-refractivity contribution in [1.82, 2.24) is 14.8 Å². The number of benzene rings is 2. The molecule has 1 aliphatic rings. The highest BCUT2D eigenvalue weighted by atomic mass is 16.5. The summed E-state index contributed by atoms with van der Waals surface area (Å²) in [7, 11) is 0. The molecule has 3 N–H and O–H groups in total. The van der Waals surface area contributed by atoms with E-state index in [-0.39, 0.29) is 18.0 Å². The van der Waals surface area contributed by atoms with Crippen LogP contribution in [0.2, 0.25) is 0 Å². The van der Waals surface area contributed by atoms with Gasteiger partial charge >= 0.3 is 0 Å². The highest BCUT2D eigenvalue weighted by molar-refractivity contribution is 5.42. The van der Waals surface area contributed by atoms with Gasteiger partial charge in [0.1, 0.15) is 5.75 Å². The summed E-state index contributed by atoms with van der Waals surface area (Å²) >= 11 is 0. The molecule has 0 fully saturated rings. The molecule has 1 aliphatic heterocycles. The molecule has 2 atom stereocenters. The van der Waals surface area contributed by atoms with Crippen molar-refractivity contribution in [3.63, 3.8) is 0 Å². The van der Waals surface area contributed by atoms with Gasteiger partial charge in [-0.1, -0.05) is 42.0 Å². The van der Waals surface area contributed by atoms with Crippen molar-refractivity contribution in [3.05, 3.63) is 65.2 Å². The molecule has 0 saturated heterocycles. The summed E-state index contributed by atoms with van der Waals surface area (Å²) in [5.41, 5.74) is 9.50. The third kappa shape index (κ3) is 3.10. The summed E-state index contributed by atoms with van der Waals surface area (Å²) in [5.74, 6) is 1.88. The maximum atomic E-state index is 5.86. The van der Waals surface area contributed by atoms with E-state index in [2.05, 4.69) is 58.7 Å². The predicted octanol–water partition coefficient (Wildman–Crippen LogP) is 3.71. The number of hydrogen-bond acceptors (Lipinski definition) is 5. The van der Waals surface area contributed by atoms with E-state index in [0.717, 1.165) is 12.2 Å². The Bertz CT molecular complexity index is 886. The fourth-order valence-electron chi connectivity index (χ4n) is 3.44. The lowest BCUT2D eigenvalue weighted by Gasteiger charge is -2.31. The Kier molecular flexibility index (Phi) is 4.24. The second-order valence-electron chi connectivity index (χ2n) is 6.60. The average molecular weight is 349 g/mol. The number of nitrogens with zero attached hydrogens (tertiary/aromatic N) is 3. The summed E-state index contributed by atoms with van der Waals surface area (Å²) < 4.78 is 7.44. The van der Waals surface area contributed by atoms with Crippen LogP contribution in [0.3, 0.4) is 0 Å². The number of anilines is 2. The van der Waals surface area contributed by atoms with Gasteiger partial charge in [0, 0.05) is 0 Å². The van der Waals surface area contributed by atoms with Gasteiger partial charge < -0.3 is 15.8 Å². The molecule has 0 saturated carbocycles. The first-order chi connectivity index (χ1) is 12.6. The van der Waals surface area contributed by atoms with E-state index >= 15 is 0 Å². The number of nitrogen functional groups attached to an aromatic ring is 1. The van der Waals surface area contributed by atoms with E-state index in [0.29, 0.717) is 12.6 Å². The highest BCUT2D eigenvalue weighted by Gasteiger charge is 2.30. The number of nitrogens with two attached hydrogens (primary N) is 1. The second kappa shape index (κ2) is 6.71. The van der Waals surface area contributed by atoms with Gasteiger partial charge in [-0.15, -0.1) is 5.10 Å². The monoisotopic (exact) mass is 349 g/mol. The minimum absolute atomic E-state index is 0.0909.